The zero-order valence-electron chi connectivity index (χ0n) is 10.1. The van der Waals surface area contributed by atoms with Crippen molar-refractivity contribution in [1.29, 1.82) is 5.41 Å². The summed E-state index contributed by atoms with van der Waals surface area (Å²) in [7, 11) is -2.29. The smallest absolute Gasteiger partial charge is 0.215 e. The van der Waals surface area contributed by atoms with Crippen molar-refractivity contribution >= 4 is 26.7 Å². The fourth-order valence-electron chi connectivity index (χ4n) is 2.85. The predicted molar refractivity (Wildman–Crippen MR) is 74.5 cm³/mol. The molecule has 5 nitrogen and oxygen atoms in total. The topological polar surface area (TPSA) is 96.0 Å². The fraction of sp³-hybridized carbons (Fsp3) is 0.231. The lowest BCUT2D eigenvalue weighted by Crippen LogP contribution is -2.40. The zero-order chi connectivity index (χ0) is 13.6. The summed E-state index contributed by atoms with van der Waals surface area (Å²) < 4.78 is 22.8. The van der Waals surface area contributed by atoms with Crippen molar-refractivity contribution in [2.24, 2.45) is 5.73 Å². The van der Waals surface area contributed by atoms with Crippen LogP contribution in [-0.2, 0) is 16.7 Å². The molecule has 1 aromatic carbocycles. The van der Waals surface area contributed by atoms with E-state index in [9.17, 15) is 8.42 Å². The van der Waals surface area contributed by atoms with Gasteiger partial charge in [0.1, 0.15) is 0 Å². The Morgan fingerprint density at radius 2 is 2.21 bits per heavy atom. The van der Waals surface area contributed by atoms with E-state index in [1.165, 1.54) is 5.56 Å². The molecule has 0 bridgehead atoms. The Balaban J connectivity index is 2.24. The highest BCUT2D eigenvalue weighted by atomic mass is 32.2. The maximum Gasteiger partial charge on any atom is 0.215 e. The van der Waals surface area contributed by atoms with Crippen molar-refractivity contribution in [3.8, 4) is 0 Å². The first kappa shape index (κ1) is 12.0. The molecule has 0 aromatic heterocycles. The summed E-state index contributed by atoms with van der Waals surface area (Å²) in [5.41, 5.74) is 9.65. The maximum absolute atomic E-state index is 11.4. The summed E-state index contributed by atoms with van der Waals surface area (Å²) in [6.07, 6.45) is 3.31. The van der Waals surface area contributed by atoms with E-state index in [1.54, 1.807) is 0 Å². The van der Waals surface area contributed by atoms with Crippen LogP contribution in [0, 0.1) is 5.41 Å². The zero-order valence-corrected chi connectivity index (χ0v) is 10.9. The standard InChI is InChI=1S/C13H13N3O2S/c14-13(15)16-12-9-3-1-2-7-4-5-8(11(7)9)6-10(12)19(17)18/h1-3,5,12H,4,6H2,(H4,14,15,16). The minimum absolute atomic E-state index is 0.226. The molecule has 19 heavy (non-hydrogen) atoms. The molecule has 0 heterocycles. The van der Waals surface area contributed by atoms with Crippen LogP contribution in [-0.4, -0.2) is 19.2 Å². The number of rotatable bonds is 1. The lowest BCUT2D eigenvalue weighted by Gasteiger charge is -2.28. The predicted octanol–water partition coefficient (Wildman–Crippen LogP) is 0.605. The van der Waals surface area contributed by atoms with Crippen molar-refractivity contribution in [3.05, 3.63) is 41.0 Å². The number of nitrogens with one attached hydrogen (secondary N) is 2. The first-order valence-corrected chi connectivity index (χ1v) is 7.02. The van der Waals surface area contributed by atoms with Crippen LogP contribution in [0.2, 0.25) is 0 Å². The van der Waals surface area contributed by atoms with Gasteiger partial charge in [0.25, 0.3) is 0 Å². The molecule has 0 aliphatic heterocycles. The van der Waals surface area contributed by atoms with E-state index in [0.717, 1.165) is 23.1 Å². The Morgan fingerprint density at radius 3 is 2.89 bits per heavy atom. The van der Waals surface area contributed by atoms with Gasteiger partial charge in [-0.25, -0.2) is 0 Å². The van der Waals surface area contributed by atoms with Crippen LogP contribution in [0.5, 0.6) is 0 Å². The second-order valence-electron chi connectivity index (χ2n) is 4.68. The van der Waals surface area contributed by atoms with E-state index in [0.29, 0.717) is 11.3 Å². The van der Waals surface area contributed by atoms with Crippen molar-refractivity contribution < 1.29 is 8.42 Å². The van der Waals surface area contributed by atoms with Crippen molar-refractivity contribution in [3.63, 3.8) is 0 Å². The van der Waals surface area contributed by atoms with Crippen LogP contribution in [0.25, 0.3) is 5.57 Å². The largest absolute Gasteiger partial charge is 0.370 e. The van der Waals surface area contributed by atoms with E-state index >= 15 is 0 Å². The lowest BCUT2D eigenvalue weighted by molar-refractivity contribution is 0.625. The molecule has 3 rings (SSSR count). The van der Waals surface area contributed by atoms with Crippen LogP contribution in [0.1, 0.15) is 29.2 Å². The van der Waals surface area contributed by atoms with Crippen LogP contribution < -0.4 is 11.1 Å². The van der Waals surface area contributed by atoms with Gasteiger partial charge in [0.05, 0.1) is 10.9 Å². The van der Waals surface area contributed by atoms with E-state index in [-0.39, 0.29) is 5.96 Å². The monoisotopic (exact) mass is 275 g/mol. The van der Waals surface area contributed by atoms with Crippen LogP contribution in [0.4, 0.5) is 0 Å². The molecule has 0 saturated heterocycles. The second-order valence-corrected chi connectivity index (χ2v) is 5.68. The number of benzene rings is 1. The van der Waals surface area contributed by atoms with Gasteiger partial charge in [0, 0.05) is 6.42 Å². The highest BCUT2D eigenvalue weighted by Crippen LogP contribution is 2.41. The third-order valence-corrected chi connectivity index (χ3v) is 4.39. The molecule has 0 radical (unpaired) electrons. The molecule has 1 atom stereocenters. The summed E-state index contributed by atoms with van der Waals surface area (Å²) in [5, 5.41) is 10.1. The summed E-state index contributed by atoms with van der Waals surface area (Å²) >= 11 is 0. The van der Waals surface area contributed by atoms with Gasteiger partial charge >= 0.3 is 0 Å². The fourth-order valence-corrected chi connectivity index (χ4v) is 3.50. The normalized spacial score (nSPS) is 19.7. The van der Waals surface area contributed by atoms with E-state index in [1.807, 2.05) is 18.2 Å². The van der Waals surface area contributed by atoms with Gasteiger partial charge in [-0.2, -0.15) is 8.42 Å². The third-order valence-electron chi connectivity index (χ3n) is 3.58. The molecular formula is C13H13N3O2S. The summed E-state index contributed by atoms with van der Waals surface area (Å²) in [5.74, 6) is -0.226. The van der Waals surface area contributed by atoms with Crippen LogP contribution >= 0.6 is 0 Å². The Kier molecular flexibility index (Phi) is 2.67. The number of hydrogen-bond acceptors (Lipinski definition) is 3. The summed E-state index contributed by atoms with van der Waals surface area (Å²) in [6, 6.07) is 5.33. The van der Waals surface area contributed by atoms with Gasteiger partial charge in [0.15, 0.2) is 5.96 Å². The van der Waals surface area contributed by atoms with Crippen LogP contribution in [0.15, 0.2) is 24.3 Å². The Hall–Kier alpha value is -2.08. The third kappa shape index (κ3) is 1.84. The SMILES string of the molecule is N=C(N)NC1C(=S(=O)=O)CC2=CCc3cccc1c32. The molecule has 4 N–H and O–H groups in total. The van der Waals surface area contributed by atoms with Gasteiger partial charge in [-0.3, -0.25) is 5.41 Å². The number of allylic oxidation sites excluding steroid dienone is 2. The second kappa shape index (κ2) is 4.24. The van der Waals surface area contributed by atoms with Gasteiger partial charge < -0.3 is 11.1 Å². The van der Waals surface area contributed by atoms with Crippen molar-refractivity contribution in [1.82, 2.24) is 5.32 Å². The average molecular weight is 275 g/mol. The average Bonchev–Trinajstić information content (AvgIpc) is 2.76. The van der Waals surface area contributed by atoms with Gasteiger partial charge in [0.2, 0.25) is 10.3 Å². The Bertz CT molecular complexity index is 739. The molecule has 98 valence electrons. The molecule has 2 aliphatic rings. The molecule has 0 amide bonds. The first-order chi connectivity index (χ1) is 9.08. The number of guanidine groups is 1. The summed E-state index contributed by atoms with van der Waals surface area (Å²) in [6.45, 7) is 0. The van der Waals surface area contributed by atoms with Gasteiger partial charge in [-0.1, -0.05) is 24.3 Å². The van der Waals surface area contributed by atoms with Crippen molar-refractivity contribution in [2.75, 3.05) is 0 Å². The van der Waals surface area contributed by atoms with Crippen molar-refractivity contribution in [2.45, 2.75) is 18.9 Å². The Morgan fingerprint density at radius 1 is 1.42 bits per heavy atom. The molecule has 1 unspecified atom stereocenters. The first-order valence-electron chi connectivity index (χ1n) is 5.94. The molecule has 0 saturated carbocycles. The molecule has 1 aromatic rings. The molecule has 0 spiro atoms. The minimum atomic E-state index is -2.29. The van der Waals surface area contributed by atoms with Gasteiger partial charge in [-0.15, -0.1) is 0 Å². The Labute approximate surface area is 112 Å². The van der Waals surface area contributed by atoms with E-state index < -0.39 is 16.3 Å². The van der Waals surface area contributed by atoms with Gasteiger partial charge in [-0.05, 0) is 28.7 Å². The van der Waals surface area contributed by atoms with E-state index in [4.69, 9.17) is 11.1 Å². The van der Waals surface area contributed by atoms with E-state index in [2.05, 4.69) is 11.4 Å². The molecular weight excluding hydrogens is 262 g/mol. The highest BCUT2D eigenvalue weighted by Gasteiger charge is 2.33. The molecule has 2 aliphatic carbocycles. The number of hydrogen-bond donors (Lipinski definition) is 3. The minimum Gasteiger partial charge on any atom is -0.370 e. The lowest BCUT2D eigenvalue weighted by atomic mass is 9.84. The molecule has 6 heteroatoms. The number of nitrogens with two attached hydrogens (primary N) is 1. The van der Waals surface area contributed by atoms with Crippen LogP contribution in [0.3, 0.4) is 0 Å². The summed E-state index contributed by atoms with van der Waals surface area (Å²) in [4.78, 5) is 0.341. The highest BCUT2D eigenvalue weighted by molar-refractivity contribution is 7.73. The molecule has 0 fully saturated rings. The quantitative estimate of drug-likeness (QED) is 0.397. The maximum atomic E-state index is 11.4.